The van der Waals surface area contributed by atoms with Crippen molar-refractivity contribution < 1.29 is 0 Å². The van der Waals surface area contributed by atoms with Crippen LogP contribution in [0.3, 0.4) is 0 Å². The summed E-state index contributed by atoms with van der Waals surface area (Å²) in [5.41, 5.74) is 6.75. The van der Waals surface area contributed by atoms with Gasteiger partial charge in [-0.05, 0) is 18.1 Å². The second-order valence-corrected chi connectivity index (χ2v) is 4.55. The average molecular weight is 224 g/mol. The standard InChI is InChI=1S/C11H14ClN3/c1-7(2)5-10-14-11(13)9-4-3-8(12)6-15(9)10/h3-4,6-7H,5,13H2,1-2H3. The van der Waals surface area contributed by atoms with Gasteiger partial charge in [0, 0.05) is 12.6 Å². The number of hydrogen-bond acceptors (Lipinski definition) is 2. The third kappa shape index (κ3) is 1.92. The summed E-state index contributed by atoms with van der Waals surface area (Å²) in [5, 5.41) is 0.699. The molecule has 0 saturated heterocycles. The molecule has 0 aliphatic rings. The molecule has 0 unspecified atom stereocenters. The molecule has 2 rings (SSSR count). The number of hydrogen-bond donors (Lipinski definition) is 1. The summed E-state index contributed by atoms with van der Waals surface area (Å²) in [4.78, 5) is 4.35. The number of aromatic nitrogens is 2. The third-order valence-corrected chi connectivity index (χ3v) is 2.52. The Morgan fingerprint density at radius 3 is 2.87 bits per heavy atom. The van der Waals surface area contributed by atoms with Crippen molar-refractivity contribution in [2.75, 3.05) is 5.73 Å². The summed E-state index contributed by atoms with van der Waals surface area (Å²) in [6.07, 6.45) is 2.76. The smallest absolute Gasteiger partial charge is 0.149 e. The highest BCUT2D eigenvalue weighted by Gasteiger charge is 2.09. The van der Waals surface area contributed by atoms with Crippen LogP contribution in [-0.4, -0.2) is 9.38 Å². The number of pyridine rings is 1. The molecule has 0 fully saturated rings. The van der Waals surface area contributed by atoms with Crippen LogP contribution >= 0.6 is 11.6 Å². The van der Waals surface area contributed by atoms with E-state index in [0.717, 1.165) is 17.8 Å². The molecule has 0 spiro atoms. The molecule has 2 N–H and O–H groups in total. The van der Waals surface area contributed by atoms with Gasteiger partial charge in [-0.25, -0.2) is 4.98 Å². The monoisotopic (exact) mass is 223 g/mol. The van der Waals surface area contributed by atoms with Gasteiger partial charge >= 0.3 is 0 Å². The van der Waals surface area contributed by atoms with E-state index < -0.39 is 0 Å². The fourth-order valence-corrected chi connectivity index (χ4v) is 1.82. The molecule has 2 heterocycles. The van der Waals surface area contributed by atoms with Gasteiger partial charge in [0.25, 0.3) is 0 Å². The maximum absolute atomic E-state index is 5.95. The highest BCUT2D eigenvalue weighted by atomic mass is 35.5. The number of rotatable bonds is 2. The fraction of sp³-hybridized carbons (Fsp3) is 0.364. The van der Waals surface area contributed by atoms with Gasteiger partial charge in [0.2, 0.25) is 0 Å². The lowest BCUT2D eigenvalue weighted by molar-refractivity contribution is 0.619. The summed E-state index contributed by atoms with van der Waals surface area (Å²) in [5.74, 6) is 2.09. The van der Waals surface area contributed by atoms with E-state index in [1.165, 1.54) is 0 Å². The minimum absolute atomic E-state index is 0.550. The van der Waals surface area contributed by atoms with Gasteiger partial charge in [0.05, 0.1) is 10.5 Å². The second-order valence-electron chi connectivity index (χ2n) is 4.11. The maximum atomic E-state index is 5.95. The number of nitrogens with two attached hydrogens (primary N) is 1. The Labute approximate surface area is 93.9 Å². The lowest BCUT2D eigenvalue weighted by atomic mass is 10.1. The molecule has 2 aromatic heterocycles. The first-order valence-corrected chi connectivity index (χ1v) is 5.37. The van der Waals surface area contributed by atoms with Crippen LogP contribution in [0.4, 0.5) is 5.82 Å². The van der Waals surface area contributed by atoms with Gasteiger partial charge in [-0.2, -0.15) is 0 Å². The fourth-order valence-electron chi connectivity index (χ4n) is 1.66. The molecule has 0 atom stereocenters. The first-order chi connectivity index (χ1) is 7.08. The molecule has 4 heteroatoms. The Bertz CT molecular complexity index is 488. The van der Waals surface area contributed by atoms with E-state index in [-0.39, 0.29) is 0 Å². The Balaban J connectivity index is 2.59. The zero-order chi connectivity index (χ0) is 11.0. The molecule has 3 nitrogen and oxygen atoms in total. The molecule has 0 aliphatic heterocycles. The summed E-state index contributed by atoms with van der Waals surface area (Å²) in [7, 11) is 0. The summed E-state index contributed by atoms with van der Waals surface area (Å²) < 4.78 is 1.97. The molecule has 0 radical (unpaired) electrons. The van der Waals surface area contributed by atoms with Crippen molar-refractivity contribution in [2.45, 2.75) is 20.3 Å². The Morgan fingerprint density at radius 2 is 2.20 bits per heavy atom. The first-order valence-electron chi connectivity index (χ1n) is 5.00. The largest absolute Gasteiger partial charge is 0.382 e. The van der Waals surface area contributed by atoms with Crippen molar-refractivity contribution in [3.63, 3.8) is 0 Å². The van der Waals surface area contributed by atoms with E-state index in [9.17, 15) is 0 Å². The van der Waals surface area contributed by atoms with E-state index in [1.807, 2.05) is 22.7 Å². The zero-order valence-corrected chi connectivity index (χ0v) is 9.62. The van der Waals surface area contributed by atoms with Gasteiger partial charge in [0.1, 0.15) is 11.6 Å². The van der Waals surface area contributed by atoms with E-state index in [4.69, 9.17) is 17.3 Å². The number of anilines is 1. The lowest BCUT2D eigenvalue weighted by Gasteiger charge is -2.03. The quantitative estimate of drug-likeness (QED) is 0.851. The summed E-state index contributed by atoms with van der Waals surface area (Å²) in [6, 6.07) is 3.72. The molecule has 80 valence electrons. The SMILES string of the molecule is CC(C)Cc1nc(N)c2ccc(Cl)cn12. The van der Waals surface area contributed by atoms with Crippen LogP contribution in [0.2, 0.25) is 5.02 Å². The van der Waals surface area contributed by atoms with E-state index in [2.05, 4.69) is 18.8 Å². The van der Waals surface area contributed by atoms with Crippen LogP contribution in [0.5, 0.6) is 0 Å². The van der Waals surface area contributed by atoms with Gasteiger partial charge in [-0.15, -0.1) is 0 Å². The van der Waals surface area contributed by atoms with Crippen LogP contribution in [-0.2, 0) is 6.42 Å². The normalized spacial score (nSPS) is 11.5. The summed E-state index contributed by atoms with van der Waals surface area (Å²) in [6.45, 7) is 4.31. The molecular formula is C11H14ClN3. The van der Waals surface area contributed by atoms with E-state index in [0.29, 0.717) is 16.8 Å². The van der Waals surface area contributed by atoms with Crippen LogP contribution < -0.4 is 5.73 Å². The van der Waals surface area contributed by atoms with Crippen LogP contribution in [0, 0.1) is 5.92 Å². The highest BCUT2D eigenvalue weighted by molar-refractivity contribution is 6.30. The lowest BCUT2D eigenvalue weighted by Crippen LogP contribution is -2.00. The Hall–Kier alpha value is -1.22. The highest BCUT2D eigenvalue weighted by Crippen LogP contribution is 2.20. The van der Waals surface area contributed by atoms with Gasteiger partial charge in [-0.1, -0.05) is 25.4 Å². The second kappa shape index (κ2) is 3.74. The van der Waals surface area contributed by atoms with Gasteiger partial charge in [0.15, 0.2) is 0 Å². The van der Waals surface area contributed by atoms with E-state index in [1.54, 1.807) is 0 Å². The number of nitrogen functional groups attached to an aromatic ring is 1. The molecule has 0 bridgehead atoms. The van der Waals surface area contributed by atoms with Crippen molar-refractivity contribution in [3.05, 3.63) is 29.2 Å². The molecule has 0 amide bonds. The first kappa shape index (κ1) is 10.3. The van der Waals surface area contributed by atoms with Gasteiger partial charge in [-0.3, -0.25) is 0 Å². The van der Waals surface area contributed by atoms with Crippen LogP contribution in [0.15, 0.2) is 18.3 Å². The molecule has 0 aliphatic carbocycles. The van der Waals surface area contributed by atoms with Crippen molar-refractivity contribution in [2.24, 2.45) is 5.92 Å². The molecule has 15 heavy (non-hydrogen) atoms. The minimum Gasteiger partial charge on any atom is -0.382 e. The predicted molar refractivity (Wildman–Crippen MR) is 63.2 cm³/mol. The van der Waals surface area contributed by atoms with E-state index >= 15 is 0 Å². The van der Waals surface area contributed by atoms with Crippen molar-refractivity contribution in [3.8, 4) is 0 Å². The summed E-state index contributed by atoms with van der Waals surface area (Å²) >= 11 is 5.95. The molecule has 0 saturated carbocycles. The number of nitrogens with zero attached hydrogens (tertiary/aromatic N) is 2. The van der Waals surface area contributed by atoms with Crippen LogP contribution in [0.25, 0.3) is 5.52 Å². The van der Waals surface area contributed by atoms with Crippen molar-refractivity contribution in [1.29, 1.82) is 0 Å². The Morgan fingerprint density at radius 1 is 1.47 bits per heavy atom. The average Bonchev–Trinajstić information content (AvgIpc) is 2.42. The van der Waals surface area contributed by atoms with Crippen molar-refractivity contribution in [1.82, 2.24) is 9.38 Å². The minimum atomic E-state index is 0.550. The molecular weight excluding hydrogens is 210 g/mol. The topological polar surface area (TPSA) is 43.3 Å². The predicted octanol–water partition coefficient (Wildman–Crippen LogP) is 2.77. The third-order valence-electron chi connectivity index (χ3n) is 2.29. The number of imidazole rings is 1. The maximum Gasteiger partial charge on any atom is 0.149 e. The van der Waals surface area contributed by atoms with Crippen LogP contribution in [0.1, 0.15) is 19.7 Å². The molecule has 0 aromatic carbocycles. The van der Waals surface area contributed by atoms with Gasteiger partial charge < -0.3 is 10.1 Å². The molecule has 2 aromatic rings. The number of fused-ring (bicyclic) bond motifs is 1. The zero-order valence-electron chi connectivity index (χ0n) is 8.87. The Kier molecular flexibility index (Phi) is 2.57. The number of halogens is 1. The van der Waals surface area contributed by atoms with Crippen molar-refractivity contribution >= 4 is 22.9 Å².